The summed E-state index contributed by atoms with van der Waals surface area (Å²) in [6, 6.07) is 13.8. The average molecular weight is 311 g/mol. The summed E-state index contributed by atoms with van der Waals surface area (Å²) >= 11 is 0. The molecule has 0 radical (unpaired) electrons. The average Bonchev–Trinajstić information content (AvgIpc) is 2.51. The van der Waals surface area contributed by atoms with Crippen molar-refractivity contribution in [3.05, 3.63) is 59.2 Å². The smallest absolute Gasteiger partial charge is 0.255 e. The Hall–Kier alpha value is -2.33. The van der Waals surface area contributed by atoms with Gasteiger partial charge in [-0.05, 0) is 69.8 Å². The summed E-state index contributed by atoms with van der Waals surface area (Å²) < 4.78 is 0. The molecular weight excluding hydrogens is 286 g/mol. The number of nitrogens with one attached hydrogen (secondary N) is 1. The highest BCUT2D eigenvalue weighted by molar-refractivity contribution is 6.04. The first-order chi connectivity index (χ1) is 10.9. The third kappa shape index (κ3) is 4.57. The Kier molecular flexibility index (Phi) is 5.40. The van der Waals surface area contributed by atoms with Crippen molar-refractivity contribution >= 4 is 17.3 Å². The van der Waals surface area contributed by atoms with E-state index in [1.807, 2.05) is 25.1 Å². The van der Waals surface area contributed by atoms with Crippen molar-refractivity contribution in [2.24, 2.45) is 0 Å². The number of nitrogen functional groups attached to an aromatic ring is 1. The van der Waals surface area contributed by atoms with Crippen LogP contribution in [0.25, 0.3) is 0 Å². The largest absolute Gasteiger partial charge is 0.398 e. The predicted octanol–water partition coefficient (Wildman–Crippen LogP) is 3.32. The van der Waals surface area contributed by atoms with Crippen LogP contribution in [0.2, 0.25) is 0 Å². The summed E-state index contributed by atoms with van der Waals surface area (Å²) in [5.74, 6) is -0.147. The lowest BCUT2D eigenvalue weighted by Gasteiger charge is -2.19. The van der Waals surface area contributed by atoms with E-state index < -0.39 is 0 Å². The van der Waals surface area contributed by atoms with E-state index in [2.05, 4.69) is 43.4 Å². The number of benzene rings is 2. The van der Waals surface area contributed by atoms with Gasteiger partial charge in [0.05, 0.1) is 0 Å². The summed E-state index contributed by atoms with van der Waals surface area (Å²) in [5, 5.41) is 2.90. The molecule has 1 atom stereocenters. The normalized spacial score (nSPS) is 12.2. The zero-order chi connectivity index (χ0) is 17.0. The van der Waals surface area contributed by atoms with E-state index in [4.69, 9.17) is 5.73 Å². The maximum absolute atomic E-state index is 12.3. The van der Waals surface area contributed by atoms with Gasteiger partial charge in [0, 0.05) is 23.0 Å². The molecule has 2 aromatic carbocycles. The molecule has 0 aliphatic carbocycles. The molecule has 4 heteroatoms. The van der Waals surface area contributed by atoms with Crippen LogP contribution < -0.4 is 11.1 Å². The highest BCUT2D eigenvalue weighted by Gasteiger charge is 2.09. The van der Waals surface area contributed by atoms with Crippen LogP contribution in [0.15, 0.2) is 42.5 Å². The number of nitrogens with two attached hydrogens (primary N) is 1. The highest BCUT2D eigenvalue weighted by atomic mass is 16.1. The van der Waals surface area contributed by atoms with E-state index in [1.165, 1.54) is 5.56 Å². The molecule has 0 saturated carbocycles. The third-order valence-corrected chi connectivity index (χ3v) is 4.17. The topological polar surface area (TPSA) is 58.4 Å². The maximum Gasteiger partial charge on any atom is 0.255 e. The van der Waals surface area contributed by atoms with E-state index in [1.54, 1.807) is 12.1 Å². The lowest BCUT2D eigenvalue weighted by molar-refractivity contribution is 0.102. The van der Waals surface area contributed by atoms with Crippen molar-refractivity contribution < 1.29 is 4.79 Å². The van der Waals surface area contributed by atoms with Crippen molar-refractivity contribution in [1.29, 1.82) is 0 Å². The summed E-state index contributed by atoms with van der Waals surface area (Å²) in [5.41, 5.74) is 10.1. The van der Waals surface area contributed by atoms with Gasteiger partial charge in [-0.2, -0.15) is 0 Å². The van der Waals surface area contributed by atoms with Crippen LogP contribution in [0.5, 0.6) is 0 Å². The molecule has 2 aromatic rings. The molecule has 1 unspecified atom stereocenters. The van der Waals surface area contributed by atoms with Crippen LogP contribution in [-0.4, -0.2) is 30.9 Å². The second-order valence-corrected chi connectivity index (χ2v) is 6.24. The number of likely N-dealkylation sites (N-methyl/N-ethyl adjacent to an activating group) is 1. The van der Waals surface area contributed by atoms with Crippen LogP contribution in [0.1, 0.15) is 28.4 Å². The first-order valence-electron chi connectivity index (χ1n) is 7.79. The highest BCUT2D eigenvalue weighted by Crippen LogP contribution is 2.16. The molecular formula is C19H25N3O. The molecule has 0 heterocycles. The first-order valence-corrected chi connectivity index (χ1v) is 7.79. The maximum atomic E-state index is 12.3. The molecule has 0 aliphatic heterocycles. The van der Waals surface area contributed by atoms with Crippen molar-refractivity contribution in [2.75, 3.05) is 25.1 Å². The Morgan fingerprint density at radius 1 is 1.17 bits per heavy atom. The lowest BCUT2D eigenvalue weighted by Crippen LogP contribution is -2.26. The quantitative estimate of drug-likeness (QED) is 0.833. The second-order valence-electron chi connectivity index (χ2n) is 6.24. The van der Waals surface area contributed by atoms with Gasteiger partial charge in [-0.3, -0.25) is 4.79 Å². The number of carbonyl (C=O) groups is 1. The molecule has 0 aromatic heterocycles. The number of aryl methyl sites for hydroxylation is 1. The van der Waals surface area contributed by atoms with Crippen LogP contribution in [0.3, 0.4) is 0 Å². The third-order valence-electron chi connectivity index (χ3n) is 4.17. The fraction of sp³-hybridized carbons (Fsp3) is 0.316. The molecule has 0 saturated heterocycles. The number of anilines is 2. The number of amides is 1. The molecule has 23 heavy (non-hydrogen) atoms. The van der Waals surface area contributed by atoms with Gasteiger partial charge in [-0.25, -0.2) is 0 Å². The molecule has 1 amide bonds. The van der Waals surface area contributed by atoms with Gasteiger partial charge in [0.15, 0.2) is 0 Å². The minimum Gasteiger partial charge on any atom is -0.398 e. The van der Waals surface area contributed by atoms with Gasteiger partial charge in [0.2, 0.25) is 0 Å². The molecule has 122 valence electrons. The Morgan fingerprint density at radius 3 is 2.39 bits per heavy atom. The fourth-order valence-electron chi connectivity index (χ4n) is 2.23. The minimum atomic E-state index is -0.147. The summed E-state index contributed by atoms with van der Waals surface area (Å²) in [4.78, 5) is 14.4. The molecule has 3 N–H and O–H groups in total. The van der Waals surface area contributed by atoms with Gasteiger partial charge >= 0.3 is 0 Å². The van der Waals surface area contributed by atoms with E-state index in [0.29, 0.717) is 17.3 Å². The van der Waals surface area contributed by atoms with Crippen LogP contribution in [0.4, 0.5) is 11.4 Å². The van der Waals surface area contributed by atoms with Gasteiger partial charge in [-0.1, -0.05) is 18.2 Å². The van der Waals surface area contributed by atoms with Crippen LogP contribution in [0, 0.1) is 6.92 Å². The van der Waals surface area contributed by atoms with E-state index in [9.17, 15) is 4.79 Å². The van der Waals surface area contributed by atoms with Crippen LogP contribution in [-0.2, 0) is 6.42 Å². The number of hydrogen-bond donors (Lipinski definition) is 2. The van der Waals surface area contributed by atoms with Gasteiger partial charge < -0.3 is 16.0 Å². The van der Waals surface area contributed by atoms with E-state index in [-0.39, 0.29) is 5.91 Å². The van der Waals surface area contributed by atoms with E-state index in [0.717, 1.165) is 17.7 Å². The summed E-state index contributed by atoms with van der Waals surface area (Å²) in [6.07, 6.45) is 0.982. The Morgan fingerprint density at radius 2 is 1.83 bits per heavy atom. The monoisotopic (exact) mass is 311 g/mol. The predicted molar refractivity (Wildman–Crippen MR) is 96.8 cm³/mol. The number of nitrogens with zero attached hydrogens (tertiary/aromatic N) is 1. The fourth-order valence-corrected chi connectivity index (χ4v) is 2.23. The first kappa shape index (κ1) is 17.0. The van der Waals surface area contributed by atoms with Crippen LogP contribution >= 0.6 is 0 Å². The second kappa shape index (κ2) is 7.29. The lowest BCUT2D eigenvalue weighted by atomic mass is 10.1. The molecule has 0 spiro atoms. The standard InChI is InChI=1S/C19H25N3O/c1-13-5-8-16(12-18(13)20)19(23)21-17-9-6-15(7-10-17)11-14(2)22(3)4/h5-10,12,14H,11,20H2,1-4H3,(H,21,23). The van der Waals surface area contributed by atoms with Crippen molar-refractivity contribution in [3.63, 3.8) is 0 Å². The SMILES string of the molecule is Cc1ccc(C(=O)Nc2ccc(CC(C)N(C)C)cc2)cc1N. The Bertz CT molecular complexity index is 678. The number of carbonyl (C=O) groups excluding carboxylic acids is 1. The van der Waals surface area contributed by atoms with Crippen molar-refractivity contribution in [3.8, 4) is 0 Å². The molecule has 4 nitrogen and oxygen atoms in total. The van der Waals surface area contributed by atoms with Gasteiger partial charge in [0.25, 0.3) is 5.91 Å². The van der Waals surface area contributed by atoms with Gasteiger partial charge in [0.1, 0.15) is 0 Å². The summed E-state index contributed by atoms with van der Waals surface area (Å²) in [7, 11) is 4.15. The number of hydrogen-bond acceptors (Lipinski definition) is 3. The zero-order valence-corrected chi connectivity index (χ0v) is 14.3. The minimum absolute atomic E-state index is 0.147. The Balaban J connectivity index is 2.02. The molecule has 0 aliphatic rings. The Labute approximate surface area is 138 Å². The zero-order valence-electron chi connectivity index (χ0n) is 14.3. The van der Waals surface area contributed by atoms with Crippen molar-refractivity contribution in [2.45, 2.75) is 26.3 Å². The molecule has 0 fully saturated rings. The number of rotatable bonds is 5. The summed E-state index contributed by atoms with van der Waals surface area (Å²) in [6.45, 7) is 4.11. The van der Waals surface area contributed by atoms with Crippen molar-refractivity contribution in [1.82, 2.24) is 4.90 Å². The van der Waals surface area contributed by atoms with Gasteiger partial charge in [-0.15, -0.1) is 0 Å². The molecule has 0 bridgehead atoms. The molecule has 2 rings (SSSR count). The van der Waals surface area contributed by atoms with E-state index >= 15 is 0 Å².